The van der Waals surface area contributed by atoms with Gasteiger partial charge in [-0.1, -0.05) is 12.1 Å². The molecule has 184 valence electrons. The van der Waals surface area contributed by atoms with E-state index in [2.05, 4.69) is 9.68 Å². The normalized spacial score (nSPS) is 10.6. The number of alkyl halides is 4. The number of benzene rings is 3. The van der Waals surface area contributed by atoms with Crippen molar-refractivity contribution in [3.8, 4) is 39.9 Å². The molecule has 0 spiro atoms. The van der Waals surface area contributed by atoms with Crippen molar-refractivity contribution in [3.05, 3.63) is 66.0 Å². The average Bonchev–Trinajstić information content (AvgIpc) is 2.82. The first-order valence-corrected chi connectivity index (χ1v) is 9.44. The van der Waals surface area contributed by atoms with Gasteiger partial charge in [0.1, 0.15) is 35.5 Å². The minimum Gasteiger partial charge on any atom is -0.496 e. The van der Waals surface area contributed by atoms with Crippen LogP contribution in [0.1, 0.15) is 5.56 Å². The number of methoxy groups -OCH3 is 3. The lowest BCUT2D eigenvalue weighted by molar-refractivity contribution is -0.274. The van der Waals surface area contributed by atoms with E-state index < -0.39 is 24.6 Å². The van der Waals surface area contributed by atoms with E-state index in [0.717, 1.165) is 24.3 Å². The van der Waals surface area contributed by atoms with Crippen LogP contribution in [0.4, 0.5) is 26.5 Å². The Morgan fingerprint density at radius 3 is 1.71 bits per heavy atom. The number of hydrogen-bond acceptors (Lipinski definition) is 5. The van der Waals surface area contributed by atoms with Gasteiger partial charge in [-0.25, -0.2) is 8.78 Å². The summed E-state index contributed by atoms with van der Waals surface area (Å²) in [6.07, 6.45) is -4.74. The smallest absolute Gasteiger partial charge is 0.496 e. The summed E-state index contributed by atoms with van der Waals surface area (Å²) in [5, 5.41) is 0. The van der Waals surface area contributed by atoms with E-state index in [1.54, 1.807) is 18.2 Å². The predicted molar refractivity (Wildman–Crippen MR) is 111 cm³/mol. The van der Waals surface area contributed by atoms with E-state index in [0.29, 0.717) is 28.4 Å². The molecule has 3 aromatic rings. The Kier molecular flexibility index (Phi) is 9.28. The second-order valence-corrected chi connectivity index (χ2v) is 6.44. The zero-order valence-corrected chi connectivity index (χ0v) is 18.2. The van der Waals surface area contributed by atoms with E-state index >= 15 is 0 Å². The Labute approximate surface area is 191 Å². The van der Waals surface area contributed by atoms with Gasteiger partial charge in [0.25, 0.3) is 0 Å². The third kappa shape index (κ3) is 7.12. The van der Waals surface area contributed by atoms with Gasteiger partial charge < -0.3 is 18.9 Å². The highest BCUT2D eigenvalue weighted by molar-refractivity contribution is 5.78. The minimum atomic E-state index is -4.74. The van der Waals surface area contributed by atoms with Crippen LogP contribution in [0.2, 0.25) is 0 Å². The molecule has 0 bridgehead atoms. The molecule has 5 nitrogen and oxygen atoms in total. The molecular weight excluding hydrogens is 470 g/mol. The molecule has 0 aliphatic heterocycles. The molecule has 3 aromatic carbocycles. The molecule has 0 aliphatic carbocycles. The van der Waals surface area contributed by atoms with Gasteiger partial charge in [0.2, 0.25) is 0 Å². The molecule has 11 heteroatoms. The quantitative estimate of drug-likeness (QED) is 0.340. The second-order valence-electron chi connectivity index (χ2n) is 6.44. The van der Waals surface area contributed by atoms with Gasteiger partial charge in [0, 0.05) is 22.2 Å². The lowest BCUT2D eigenvalue weighted by atomic mass is 10.0. The summed E-state index contributed by atoms with van der Waals surface area (Å²) in [6, 6.07) is 11.6. The van der Waals surface area contributed by atoms with E-state index in [-0.39, 0.29) is 11.3 Å². The first kappa shape index (κ1) is 26.5. The maximum Gasteiger partial charge on any atom is 0.573 e. The Morgan fingerprint density at radius 1 is 0.735 bits per heavy atom. The summed E-state index contributed by atoms with van der Waals surface area (Å²) in [7, 11) is 4.54. The van der Waals surface area contributed by atoms with Crippen molar-refractivity contribution >= 4 is 0 Å². The molecule has 0 amide bonds. The molecule has 0 N–H and O–H groups in total. The highest BCUT2D eigenvalue weighted by atomic mass is 19.4. The van der Waals surface area contributed by atoms with Crippen molar-refractivity contribution in [1.82, 2.24) is 0 Å². The standard InChI is InChI=1S/C16H16F2O3.C7H4F4O2/c1-19-12-7-14(20-2)16(15(8-12)21-3)10-4-5-11(9-17)13(18)6-10;8-7(9,10)12-5-1-3-6(13-11)4-2-5/h4-8H,9H2,1-3H3;1-4H. The molecule has 0 heterocycles. The molecule has 0 aromatic heterocycles. The minimum absolute atomic E-state index is 0.0187. The molecule has 0 fully saturated rings. The zero-order valence-electron chi connectivity index (χ0n) is 18.2. The maximum absolute atomic E-state index is 13.8. The molecule has 34 heavy (non-hydrogen) atoms. The van der Waals surface area contributed by atoms with E-state index in [1.807, 2.05) is 0 Å². The Morgan fingerprint density at radius 2 is 1.29 bits per heavy atom. The van der Waals surface area contributed by atoms with Crippen LogP contribution < -0.4 is 23.9 Å². The van der Waals surface area contributed by atoms with Crippen molar-refractivity contribution in [2.75, 3.05) is 21.3 Å². The Hall–Kier alpha value is -3.76. The van der Waals surface area contributed by atoms with E-state index in [1.165, 1.54) is 33.5 Å². The highest BCUT2D eigenvalue weighted by Crippen LogP contribution is 2.42. The second kappa shape index (κ2) is 11.9. The lowest BCUT2D eigenvalue weighted by Gasteiger charge is -2.15. The number of hydrogen-bond donors (Lipinski definition) is 0. The molecule has 0 aliphatic rings. The van der Waals surface area contributed by atoms with Gasteiger partial charge in [-0.2, -0.15) is 0 Å². The third-order valence-corrected chi connectivity index (χ3v) is 4.35. The molecule has 3 rings (SSSR count). The maximum atomic E-state index is 13.8. The Bertz CT molecular complexity index is 1050. The summed E-state index contributed by atoms with van der Waals surface area (Å²) in [5.41, 5.74) is 1.15. The van der Waals surface area contributed by atoms with Gasteiger partial charge in [-0.05, 0) is 35.9 Å². The molecule has 0 radical (unpaired) electrons. The number of ether oxygens (including phenoxy) is 4. The fraction of sp³-hybridized carbons (Fsp3) is 0.217. The zero-order chi connectivity index (χ0) is 25.3. The van der Waals surface area contributed by atoms with E-state index in [9.17, 15) is 26.5 Å². The van der Waals surface area contributed by atoms with Gasteiger partial charge in [0.15, 0.2) is 5.75 Å². The first-order chi connectivity index (χ1) is 16.1. The summed E-state index contributed by atoms with van der Waals surface area (Å²) in [6.45, 7) is -0.844. The summed E-state index contributed by atoms with van der Waals surface area (Å²) < 4.78 is 92.0. The van der Waals surface area contributed by atoms with Crippen LogP contribution in [0.15, 0.2) is 54.6 Å². The number of halogens is 6. The average molecular weight is 490 g/mol. The van der Waals surface area contributed by atoms with Crippen LogP contribution >= 0.6 is 0 Å². The topological polar surface area (TPSA) is 46.2 Å². The molecule has 0 unspecified atom stereocenters. The number of rotatable bonds is 7. The Balaban J connectivity index is 0.000000270. The van der Waals surface area contributed by atoms with Crippen LogP contribution in [-0.4, -0.2) is 27.7 Å². The van der Waals surface area contributed by atoms with Gasteiger partial charge in [-0.15, -0.1) is 13.2 Å². The fourth-order valence-corrected chi connectivity index (χ4v) is 2.79. The van der Waals surface area contributed by atoms with Crippen molar-refractivity contribution in [2.24, 2.45) is 0 Å². The predicted octanol–water partition coefficient (Wildman–Crippen LogP) is 6.84. The van der Waals surface area contributed by atoms with Crippen molar-refractivity contribution < 1.29 is 50.4 Å². The van der Waals surface area contributed by atoms with Crippen molar-refractivity contribution in [1.29, 1.82) is 0 Å². The van der Waals surface area contributed by atoms with Crippen molar-refractivity contribution in [2.45, 2.75) is 13.0 Å². The molecule has 0 saturated heterocycles. The summed E-state index contributed by atoms with van der Waals surface area (Å²) >= 11 is 0. The van der Waals surface area contributed by atoms with Gasteiger partial charge in [-0.3, -0.25) is 4.94 Å². The van der Waals surface area contributed by atoms with Gasteiger partial charge >= 0.3 is 6.36 Å². The third-order valence-electron chi connectivity index (χ3n) is 4.35. The van der Waals surface area contributed by atoms with Crippen LogP contribution in [-0.2, 0) is 6.67 Å². The SMILES string of the molecule is COc1cc(OC)c(-c2ccc(CF)c(F)c2)c(OC)c1.FOc1ccc(OC(F)(F)F)cc1. The first-order valence-electron chi connectivity index (χ1n) is 9.44. The molecule has 0 saturated carbocycles. The highest BCUT2D eigenvalue weighted by Gasteiger charge is 2.31. The van der Waals surface area contributed by atoms with Crippen LogP contribution in [0.3, 0.4) is 0 Å². The van der Waals surface area contributed by atoms with Crippen LogP contribution in [0.5, 0.6) is 28.7 Å². The lowest BCUT2D eigenvalue weighted by Crippen LogP contribution is -2.16. The van der Waals surface area contributed by atoms with Crippen LogP contribution in [0, 0.1) is 5.82 Å². The van der Waals surface area contributed by atoms with E-state index in [4.69, 9.17) is 14.2 Å². The molecule has 0 atom stereocenters. The monoisotopic (exact) mass is 490 g/mol. The summed E-state index contributed by atoms with van der Waals surface area (Å²) in [4.78, 5) is 3.26. The van der Waals surface area contributed by atoms with Gasteiger partial charge in [0.05, 0.1) is 26.9 Å². The van der Waals surface area contributed by atoms with Crippen LogP contribution in [0.25, 0.3) is 11.1 Å². The molecular formula is C23H20F6O5. The summed E-state index contributed by atoms with van der Waals surface area (Å²) in [5.74, 6) is 0.322. The van der Waals surface area contributed by atoms with Crippen molar-refractivity contribution in [3.63, 3.8) is 0 Å². The largest absolute Gasteiger partial charge is 0.573 e. The fourth-order valence-electron chi connectivity index (χ4n) is 2.79.